The number of hydrogen-bond donors (Lipinski definition) is 3. The van der Waals surface area contributed by atoms with Gasteiger partial charge in [-0.15, -0.1) is 0 Å². The summed E-state index contributed by atoms with van der Waals surface area (Å²) in [5.41, 5.74) is -0.150. The Hall–Kier alpha value is -2.84. The molecule has 0 aromatic carbocycles. The van der Waals surface area contributed by atoms with E-state index in [1.54, 1.807) is 15.6 Å². The molecule has 3 heterocycles. The summed E-state index contributed by atoms with van der Waals surface area (Å²) in [6, 6.07) is 1.76. The van der Waals surface area contributed by atoms with Gasteiger partial charge in [-0.3, -0.25) is 14.3 Å². The lowest BCUT2D eigenvalue weighted by Gasteiger charge is -2.32. The topological polar surface area (TPSA) is 116 Å². The standard InChI is InChI=1S/C16H22N6O3/c1-2-22-7-5-13(20-22)19-14(23)8-11-4-3-6-21(10-11)15(24)12-9-17-16(25)18-12/h5,7,9,11H,2-4,6,8,10H2,1H3,(H2,17,18,25)(H,19,20,23). The molecule has 1 atom stereocenters. The largest absolute Gasteiger partial charge is 0.337 e. The molecule has 1 aliphatic heterocycles. The molecule has 134 valence electrons. The highest BCUT2D eigenvalue weighted by molar-refractivity contribution is 5.92. The van der Waals surface area contributed by atoms with E-state index in [2.05, 4.69) is 20.4 Å². The first kappa shape index (κ1) is 17.0. The minimum Gasteiger partial charge on any atom is -0.337 e. The molecule has 9 heteroatoms. The lowest BCUT2D eigenvalue weighted by Crippen LogP contribution is -2.41. The molecule has 3 N–H and O–H groups in total. The van der Waals surface area contributed by atoms with E-state index in [-0.39, 0.29) is 23.4 Å². The number of aryl methyl sites for hydroxylation is 1. The number of nitrogens with zero attached hydrogens (tertiary/aromatic N) is 3. The summed E-state index contributed by atoms with van der Waals surface area (Å²) in [5.74, 6) is 0.318. The number of aromatic nitrogens is 4. The van der Waals surface area contributed by atoms with Crippen molar-refractivity contribution in [2.45, 2.75) is 32.7 Å². The Morgan fingerprint density at radius 2 is 2.28 bits per heavy atom. The zero-order valence-corrected chi connectivity index (χ0v) is 14.1. The maximum absolute atomic E-state index is 12.4. The van der Waals surface area contributed by atoms with E-state index in [0.29, 0.717) is 25.3 Å². The molecule has 2 aromatic heterocycles. The first-order valence-electron chi connectivity index (χ1n) is 8.45. The number of rotatable bonds is 5. The highest BCUT2D eigenvalue weighted by Gasteiger charge is 2.27. The van der Waals surface area contributed by atoms with Gasteiger partial charge in [0.2, 0.25) is 5.91 Å². The minimum absolute atomic E-state index is 0.0941. The van der Waals surface area contributed by atoms with E-state index in [9.17, 15) is 14.4 Å². The van der Waals surface area contributed by atoms with Crippen molar-refractivity contribution >= 4 is 17.6 Å². The van der Waals surface area contributed by atoms with Crippen LogP contribution in [-0.4, -0.2) is 49.6 Å². The quantitative estimate of drug-likeness (QED) is 0.742. The fourth-order valence-corrected chi connectivity index (χ4v) is 3.09. The van der Waals surface area contributed by atoms with Gasteiger partial charge in [-0.2, -0.15) is 5.10 Å². The van der Waals surface area contributed by atoms with Gasteiger partial charge in [0.05, 0.1) is 0 Å². The third-order valence-corrected chi connectivity index (χ3v) is 4.34. The summed E-state index contributed by atoms with van der Waals surface area (Å²) in [6.45, 7) is 3.86. The van der Waals surface area contributed by atoms with Crippen LogP contribution < -0.4 is 11.0 Å². The second-order valence-electron chi connectivity index (χ2n) is 6.22. The van der Waals surface area contributed by atoms with Crippen molar-refractivity contribution in [1.29, 1.82) is 0 Å². The predicted molar refractivity (Wildman–Crippen MR) is 91.2 cm³/mol. The molecule has 1 saturated heterocycles. The van der Waals surface area contributed by atoms with Gasteiger partial charge in [-0.1, -0.05) is 0 Å². The zero-order valence-electron chi connectivity index (χ0n) is 14.1. The molecule has 9 nitrogen and oxygen atoms in total. The van der Waals surface area contributed by atoms with Gasteiger partial charge in [0, 0.05) is 44.5 Å². The molecule has 1 fully saturated rings. The molecule has 1 aliphatic rings. The Morgan fingerprint density at radius 3 is 2.96 bits per heavy atom. The highest BCUT2D eigenvalue weighted by atomic mass is 16.2. The van der Waals surface area contributed by atoms with Crippen molar-refractivity contribution in [3.63, 3.8) is 0 Å². The van der Waals surface area contributed by atoms with Crippen molar-refractivity contribution in [3.05, 3.63) is 34.6 Å². The van der Waals surface area contributed by atoms with Gasteiger partial charge < -0.3 is 20.2 Å². The number of nitrogens with one attached hydrogen (secondary N) is 3. The summed E-state index contributed by atoms with van der Waals surface area (Å²) in [7, 11) is 0. The van der Waals surface area contributed by atoms with Crippen LogP contribution in [0, 0.1) is 5.92 Å². The number of amides is 2. The normalized spacial score (nSPS) is 17.5. The smallest absolute Gasteiger partial charge is 0.323 e. The number of carbonyl (C=O) groups is 2. The van der Waals surface area contributed by atoms with E-state index < -0.39 is 5.69 Å². The second-order valence-corrected chi connectivity index (χ2v) is 6.22. The highest BCUT2D eigenvalue weighted by Crippen LogP contribution is 2.21. The van der Waals surface area contributed by atoms with Gasteiger partial charge >= 0.3 is 5.69 Å². The van der Waals surface area contributed by atoms with Crippen molar-refractivity contribution in [3.8, 4) is 0 Å². The summed E-state index contributed by atoms with van der Waals surface area (Å²) >= 11 is 0. The number of aromatic amines is 2. The van der Waals surface area contributed by atoms with E-state index in [4.69, 9.17) is 0 Å². The van der Waals surface area contributed by atoms with E-state index in [1.807, 2.05) is 13.1 Å². The molecule has 25 heavy (non-hydrogen) atoms. The fraction of sp³-hybridized carbons (Fsp3) is 0.500. The van der Waals surface area contributed by atoms with Crippen LogP contribution in [0.3, 0.4) is 0 Å². The number of likely N-dealkylation sites (tertiary alicyclic amines) is 1. The molecule has 1 unspecified atom stereocenters. The molecule has 3 rings (SSSR count). The maximum Gasteiger partial charge on any atom is 0.323 e. The molecule has 2 amide bonds. The molecule has 0 bridgehead atoms. The number of carbonyl (C=O) groups excluding carboxylic acids is 2. The van der Waals surface area contributed by atoms with Crippen LogP contribution >= 0.6 is 0 Å². The second kappa shape index (κ2) is 7.37. The number of anilines is 1. The number of piperidine rings is 1. The van der Waals surface area contributed by atoms with Crippen LogP contribution in [0.4, 0.5) is 5.82 Å². The molecule has 2 aromatic rings. The van der Waals surface area contributed by atoms with Crippen LogP contribution in [0.15, 0.2) is 23.3 Å². The van der Waals surface area contributed by atoms with E-state index in [1.165, 1.54) is 6.20 Å². The lowest BCUT2D eigenvalue weighted by molar-refractivity contribution is -0.117. The number of imidazole rings is 1. The molecule has 0 saturated carbocycles. The van der Waals surface area contributed by atoms with E-state index in [0.717, 1.165) is 19.4 Å². The molecule has 0 aliphatic carbocycles. The van der Waals surface area contributed by atoms with Crippen molar-refractivity contribution in [2.75, 3.05) is 18.4 Å². The molecular formula is C16H22N6O3. The first-order valence-corrected chi connectivity index (χ1v) is 8.45. The maximum atomic E-state index is 12.4. The Labute approximate surface area is 144 Å². The van der Waals surface area contributed by atoms with Crippen LogP contribution in [-0.2, 0) is 11.3 Å². The third kappa shape index (κ3) is 4.17. The van der Waals surface area contributed by atoms with Crippen LogP contribution in [0.25, 0.3) is 0 Å². The predicted octanol–water partition coefficient (Wildman–Crippen LogP) is 0.800. The van der Waals surface area contributed by atoms with Gasteiger partial charge in [0.15, 0.2) is 5.82 Å². The average molecular weight is 346 g/mol. The van der Waals surface area contributed by atoms with Gasteiger partial charge in [0.1, 0.15) is 5.69 Å². The molecule has 0 radical (unpaired) electrons. The Bertz CT molecular complexity index is 805. The first-order chi connectivity index (χ1) is 12.0. The van der Waals surface area contributed by atoms with Crippen LogP contribution in [0.2, 0.25) is 0 Å². The average Bonchev–Trinajstić information content (AvgIpc) is 3.23. The summed E-state index contributed by atoms with van der Waals surface area (Å²) < 4.78 is 1.74. The summed E-state index contributed by atoms with van der Waals surface area (Å²) in [4.78, 5) is 42.3. The molecule has 0 spiro atoms. The summed E-state index contributed by atoms with van der Waals surface area (Å²) in [6.07, 6.45) is 5.26. The van der Waals surface area contributed by atoms with Crippen molar-refractivity contribution in [2.24, 2.45) is 5.92 Å². The SMILES string of the molecule is CCn1ccc(NC(=O)CC2CCCN(C(=O)c3c[nH]c(=O)[nH]3)C2)n1. The van der Waals surface area contributed by atoms with Crippen molar-refractivity contribution in [1.82, 2.24) is 24.6 Å². The zero-order chi connectivity index (χ0) is 17.8. The Morgan fingerprint density at radius 1 is 1.44 bits per heavy atom. The fourth-order valence-electron chi connectivity index (χ4n) is 3.09. The van der Waals surface area contributed by atoms with Gasteiger partial charge in [-0.25, -0.2) is 4.79 Å². The van der Waals surface area contributed by atoms with Gasteiger partial charge in [0.25, 0.3) is 5.91 Å². The number of hydrogen-bond acceptors (Lipinski definition) is 4. The Balaban J connectivity index is 1.55. The Kier molecular flexibility index (Phi) is 5.01. The summed E-state index contributed by atoms with van der Waals surface area (Å²) in [5, 5.41) is 7.03. The monoisotopic (exact) mass is 346 g/mol. The van der Waals surface area contributed by atoms with Gasteiger partial charge in [-0.05, 0) is 25.7 Å². The van der Waals surface area contributed by atoms with Crippen molar-refractivity contribution < 1.29 is 9.59 Å². The molecular weight excluding hydrogens is 324 g/mol. The lowest BCUT2D eigenvalue weighted by atomic mass is 9.94. The van der Waals surface area contributed by atoms with E-state index >= 15 is 0 Å². The third-order valence-electron chi connectivity index (χ3n) is 4.34. The number of H-pyrrole nitrogens is 2. The van der Waals surface area contributed by atoms with Crippen LogP contribution in [0.5, 0.6) is 0 Å². The van der Waals surface area contributed by atoms with Crippen LogP contribution in [0.1, 0.15) is 36.7 Å². The minimum atomic E-state index is -0.400.